The normalized spacial score (nSPS) is 10.7. The van der Waals surface area contributed by atoms with Crippen LogP contribution >= 0.6 is 11.8 Å². The Morgan fingerprint density at radius 1 is 1.44 bits per heavy atom. The SMILES string of the molecule is CSc1cccc(-n2nnc(CN)c2C)c1. The highest BCUT2D eigenvalue weighted by atomic mass is 32.2. The van der Waals surface area contributed by atoms with Crippen molar-refractivity contribution in [3.63, 3.8) is 0 Å². The number of thioether (sulfide) groups is 1. The van der Waals surface area contributed by atoms with E-state index in [4.69, 9.17) is 5.73 Å². The second-order valence-electron chi connectivity index (χ2n) is 3.44. The number of nitrogens with two attached hydrogens (primary N) is 1. The summed E-state index contributed by atoms with van der Waals surface area (Å²) >= 11 is 1.71. The minimum atomic E-state index is 0.425. The minimum Gasteiger partial charge on any atom is -0.325 e. The maximum Gasteiger partial charge on any atom is 0.0996 e. The third kappa shape index (κ3) is 1.96. The summed E-state index contributed by atoms with van der Waals surface area (Å²) < 4.78 is 1.82. The van der Waals surface area contributed by atoms with Crippen LogP contribution in [0.25, 0.3) is 5.69 Å². The molecular formula is C11H14N4S. The molecule has 2 aromatic rings. The lowest BCUT2D eigenvalue weighted by Crippen LogP contribution is -2.02. The first-order chi connectivity index (χ1) is 7.76. The fourth-order valence-electron chi connectivity index (χ4n) is 1.54. The van der Waals surface area contributed by atoms with E-state index in [1.54, 1.807) is 11.8 Å². The predicted molar refractivity (Wildman–Crippen MR) is 65.8 cm³/mol. The van der Waals surface area contributed by atoms with Gasteiger partial charge in [0.25, 0.3) is 0 Å². The molecule has 0 saturated carbocycles. The van der Waals surface area contributed by atoms with Crippen molar-refractivity contribution < 1.29 is 0 Å². The molecule has 1 heterocycles. The summed E-state index contributed by atoms with van der Waals surface area (Å²) in [5, 5.41) is 8.16. The molecule has 0 aliphatic carbocycles. The van der Waals surface area contributed by atoms with E-state index < -0.39 is 0 Å². The van der Waals surface area contributed by atoms with E-state index in [1.807, 2.05) is 23.7 Å². The minimum absolute atomic E-state index is 0.425. The smallest absolute Gasteiger partial charge is 0.0996 e. The molecule has 0 aliphatic rings. The van der Waals surface area contributed by atoms with Crippen molar-refractivity contribution in [2.75, 3.05) is 6.26 Å². The van der Waals surface area contributed by atoms with E-state index in [0.717, 1.165) is 17.1 Å². The summed E-state index contributed by atoms with van der Waals surface area (Å²) in [6, 6.07) is 8.20. The predicted octanol–water partition coefficient (Wildman–Crippen LogP) is 1.76. The summed E-state index contributed by atoms with van der Waals surface area (Å²) in [6.07, 6.45) is 2.05. The van der Waals surface area contributed by atoms with Gasteiger partial charge in [0.2, 0.25) is 0 Å². The summed E-state index contributed by atoms with van der Waals surface area (Å²) in [5.41, 5.74) is 8.45. The second-order valence-corrected chi connectivity index (χ2v) is 4.32. The summed E-state index contributed by atoms with van der Waals surface area (Å²) in [4.78, 5) is 1.21. The fourth-order valence-corrected chi connectivity index (χ4v) is 1.99. The van der Waals surface area contributed by atoms with Crippen molar-refractivity contribution in [1.29, 1.82) is 0 Å². The zero-order valence-corrected chi connectivity index (χ0v) is 10.2. The Hall–Kier alpha value is -1.33. The van der Waals surface area contributed by atoms with E-state index in [0.29, 0.717) is 6.54 Å². The van der Waals surface area contributed by atoms with Gasteiger partial charge in [-0.3, -0.25) is 0 Å². The van der Waals surface area contributed by atoms with Crippen LogP contribution in [-0.4, -0.2) is 21.2 Å². The van der Waals surface area contributed by atoms with Crippen LogP contribution in [0.4, 0.5) is 0 Å². The molecular weight excluding hydrogens is 220 g/mol. The van der Waals surface area contributed by atoms with Gasteiger partial charge in [-0.05, 0) is 31.4 Å². The molecule has 4 nitrogen and oxygen atoms in total. The number of hydrogen-bond donors (Lipinski definition) is 1. The maximum absolute atomic E-state index is 5.58. The lowest BCUT2D eigenvalue weighted by molar-refractivity contribution is 0.781. The topological polar surface area (TPSA) is 56.7 Å². The third-order valence-corrected chi connectivity index (χ3v) is 3.21. The van der Waals surface area contributed by atoms with Gasteiger partial charge in [-0.2, -0.15) is 0 Å². The van der Waals surface area contributed by atoms with Crippen molar-refractivity contribution in [1.82, 2.24) is 15.0 Å². The van der Waals surface area contributed by atoms with Crippen molar-refractivity contribution in [3.05, 3.63) is 35.7 Å². The Bertz CT molecular complexity index is 492. The van der Waals surface area contributed by atoms with Gasteiger partial charge in [-0.25, -0.2) is 4.68 Å². The Labute approximate surface area is 98.8 Å². The van der Waals surface area contributed by atoms with E-state index in [-0.39, 0.29) is 0 Å². The van der Waals surface area contributed by atoms with Crippen LogP contribution in [0.5, 0.6) is 0 Å². The summed E-state index contributed by atoms with van der Waals surface area (Å²) in [6.45, 7) is 2.40. The third-order valence-electron chi connectivity index (χ3n) is 2.48. The molecule has 0 amide bonds. The molecule has 0 atom stereocenters. The fraction of sp³-hybridized carbons (Fsp3) is 0.273. The Morgan fingerprint density at radius 2 is 2.25 bits per heavy atom. The van der Waals surface area contributed by atoms with E-state index in [2.05, 4.69) is 28.7 Å². The first-order valence-corrected chi connectivity index (χ1v) is 6.24. The van der Waals surface area contributed by atoms with Crippen LogP contribution in [0.3, 0.4) is 0 Å². The Morgan fingerprint density at radius 3 is 2.88 bits per heavy atom. The molecule has 1 aromatic heterocycles. The lowest BCUT2D eigenvalue weighted by atomic mass is 10.3. The van der Waals surface area contributed by atoms with Crippen molar-refractivity contribution >= 4 is 11.8 Å². The highest BCUT2D eigenvalue weighted by molar-refractivity contribution is 7.98. The largest absolute Gasteiger partial charge is 0.325 e. The van der Waals surface area contributed by atoms with Crippen molar-refractivity contribution in [2.45, 2.75) is 18.4 Å². The van der Waals surface area contributed by atoms with Crippen LogP contribution in [0.15, 0.2) is 29.2 Å². The van der Waals surface area contributed by atoms with Gasteiger partial charge in [-0.15, -0.1) is 16.9 Å². The molecule has 0 saturated heterocycles. The van der Waals surface area contributed by atoms with Crippen LogP contribution in [0.2, 0.25) is 0 Å². The monoisotopic (exact) mass is 234 g/mol. The molecule has 2 N–H and O–H groups in total. The van der Waals surface area contributed by atoms with Crippen molar-refractivity contribution in [3.8, 4) is 5.69 Å². The highest BCUT2D eigenvalue weighted by Gasteiger charge is 2.08. The van der Waals surface area contributed by atoms with Gasteiger partial charge in [0.15, 0.2) is 0 Å². The van der Waals surface area contributed by atoms with Gasteiger partial charge >= 0.3 is 0 Å². The summed E-state index contributed by atoms with van der Waals surface area (Å²) in [5.74, 6) is 0. The van der Waals surface area contributed by atoms with Crippen molar-refractivity contribution in [2.24, 2.45) is 5.73 Å². The summed E-state index contributed by atoms with van der Waals surface area (Å²) in [7, 11) is 0. The molecule has 0 aliphatic heterocycles. The average Bonchev–Trinajstić information content (AvgIpc) is 2.70. The Balaban J connectivity index is 2.45. The molecule has 84 valence electrons. The number of nitrogens with zero attached hydrogens (tertiary/aromatic N) is 3. The van der Waals surface area contributed by atoms with Crippen LogP contribution in [0, 0.1) is 6.92 Å². The number of aromatic nitrogens is 3. The zero-order valence-electron chi connectivity index (χ0n) is 9.34. The zero-order chi connectivity index (χ0) is 11.5. The first kappa shape index (κ1) is 11.2. The number of rotatable bonds is 3. The molecule has 0 bridgehead atoms. The standard InChI is InChI=1S/C11H14N4S/c1-8-11(7-12)13-14-15(8)9-4-3-5-10(6-9)16-2/h3-6H,7,12H2,1-2H3. The van der Waals surface area contributed by atoms with E-state index in [1.165, 1.54) is 4.90 Å². The van der Waals surface area contributed by atoms with E-state index in [9.17, 15) is 0 Å². The molecule has 0 fully saturated rings. The quantitative estimate of drug-likeness (QED) is 0.822. The van der Waals surface area contributed by atoms with Crippen LogP contribution in [-0.2, 0) is 6.54 Å². The van der Waals surface area contributed by atoms with Crippen LogP contribution in [0.1, 0.15) is 11.4 Å². The molecule has 16 heavy (non-hydrogen) atoms. The maximum atomic E-state index is 5.58. The van der Waals surface area contributed by atoms with Crippen LogP contribution < -0.4 is 5.73 Å². The van der Waals surface area contributed by atoms with E-state index >= 15 is 0 Å². The molecule has 5 heteroatoms. The second kappa shape index (κ2) is 4.67. The molecule has 2 rings (SSSR count). The number of hydrogen-bond acceptors (Lipinski definition) is 4. The molecule has 0 unspecified atom stereocenters. The van der Waals surface area contributed by atoms with Gasteiger partial charge in [0.05, 0.1) is 17.1 Å². The Kier molecular flexibility index (Phi) is 3.26. The molecule has 0 radical (unpaired) electrons. The highest BCUT2D eigenvalue weighted by Crippen LogP contribution is 2.19. The van der Waals surface area contributed by atoms with Gasteiger partial charge in [0.1, 0.15) is 0 Å². The van der Waals surface area contributed by atoms with Gasteiger partial charge in [-0.1, -0.05) is 11.3 Å². The number of benzene rings is 1. The average molecular weight is 234 g/mol. The van der Waals surface area contributed by atoms with Gasteiger partial charge < -0.3 is 5.73 Å². The first-order valence-electron chi connectivity index (χ1n) is 5.02. The van der Waals surface area contributed by atoms with Gasteiger partial charge in [0, 0.05) is 11.4 Å². The molecule has 0 spiro atoms. The lowest BCUT2D eigenvalue weighted by Gasteiger charge is -2.04. The molecule has 1 aromatic carbocycles.